The maximum Gasteiger partial charge on any atom is 0.257 e. The van der Waals surface area contributed by atoms with Crippen molar-refractivity contribution in [3.05, 3.63) is 76.7 Å². The van der Waals surface area contributed by atoms with Crippen LogP contribution in [0.5, 0.6) is 5.75 Å². The summed E-state index contributed by atoms with van der Waals surface area (Å²) in [5.41, 5.74) is 6.70. The molecule has 3 amide bonds. The topological polar surface area (TPSA) is 130 Å². The maximum atomic E-state index is 14.6. The normalized spacial score (nSPS) is 26.8. The number of alkyl halides is 2. The number of piperidine rings is 1. The van der Waals surface area contributed by atoms with Crippen LogP contribution in [0.1, 0.15) is 78.3 Å². The number of rotatable bonds is 7. The second kappa shape index (κ2) is 13.4. The molecule has 4 aromatic rings. The molecule has 4 atom stereocenters. The van der Waals surface area contributed by atoms with Gasteiger partial charge < -0.3 is 24.4 Å². The number of nitrogens with one attached hydrogen (secondary N) is 2. The summed E-state index contributed by atoms with van der Waals surface area (Å²) >= 11 is 0. The maximum absolute atomic E-state index is 14.6. The third-order valence-corrected chi connectivity index (χ3v) is 14.2. The van der Waals surface area contributed by atoms with Gasteiger partial charge in [-0.3, -0.25) is 29.5 Å². The molecular formula is C44H49F2N9O4. The van der Waals surface area contributed by atoms with Crippen LogP contribution in [-0.4, -0.2) is 124 Å². The number of benzene rings is 2. The van der Waals surface area contributed by atoms with E-state index in [1.165, 1.54) is 18.4 Å². The molecule has 1 saturated carbocycles. The number of hydrogen-bond acceptors (Lipinski definition) is 10. The molecule has 2 N–H and O–H groups in total. The SMILES string of the molecule is C[C@@H]1Cc2c([nH]c3ccccc23)[C@@H](c2cnc(N3CC4(CC(CN5CCN6c7ccc8c(c7OC[C@H]6C5)CN(C5CCC(=O)NC5=O)C8=O)C4)C3)nc2)N1CC(C)(F)F. The number of aromatic nitrogens is 3. The van der Waals surface area contributed by atoms with Gasteiger partial charge in [0.1, 0.15) is 18.4 Å². The predicted octanol–water partition coefficient (Wildman–Crippen LogP) is 4.51. The fourth-order valence-corrected chi connectivity index (χ4v) is 11.6. The van der Waals surface area contributed by atoms with Gasteiger partial charge >= 0.3 is 0 Å². The highest BCUT2D eigenvalue weighted by atomic mass is 19.3. The molecule has 2 aromatic heterocycles. The number of para-hydroxylation sites is 1. The van der Waals surface area contributed by atoms with Gasteiger partial charge in [0.15, 0.2) is 0 Å². The number of amides is 3. The summed E-state index contributed by atoms with van der Waals surface area (Å²) in [6.07, 6.45) is 7.30. The molecule has 0 bridgehead atoms. The lowest BCUT2D eigenvalue weighted by atomic mass is 9.57. The Morgan fingerprint density at radius 3 is 2.58 bits per heavy atom. The summed E-state index contributed by atoms with van der Waals surface area (Å²) in [6.45, 7) is 9.20. The third-order valence-electron chi connectivity index (χ3n) is 14.2. The van der Waals surface area contributed by atoms with Gasteiger partial charge in [0.25, 0.3) is 11.8 Å². The standard InChI is InChI=1S/C44H49F2N9O4/c1-25-13-31-29-5-3-4-6-33(29)49-37(31)38(55(25)22-43(2,45)46)27-16-47-42(48-17-27)52-23-44(24-52)14-26(15-44)18-51-11-12-53-28(19-51)21-59-39-32-20-54(35-9-10-36(56)50-40(35)57)41(58)30(32)7-8-34(39)53/h3-8,16-17,25-26,28,35,38,49H,9-15,18-24H2,1-2H3,(H,50,56,57)/t25-,28-,35?,38-/m1/s1. The summed E-state index contributed by atoms with van der Waals surface area (Å²) in [7, 11) is 0. The van der Waals surface area contributed by atoms with Crippen molar-refractivity contribution in [1.82, 2.24) is 35.0 Å². The molecule has 1 spiro atoms. The highest BCUT2D eigenvalue weighted by Gasteiger charge is 2.53. The van der Waals surface area contributed by atoms with E-state index in [1.807, 2.05) is 54.5 Å². The molecular weight excluding hydrogens is 757 g/mol. The predicted molar refractivity (Wildman–Crippen MR) is 216 cm³/mol. The number of ether oxygens (including phenoxy) is 1. The summed E-state index contributed by atoms with van der Waals surface area (Å²) < 4.78 is 35.5. The average Bonchev–Trinajstić information content (AvgIpc) is 3.72. The van der Waals surface area contributed by atoms with Crippen LogP contribution >= 0.6 is 0 Å². The number of hydrogen-bond donors (Lipinski definition) is 2. The molecule has 2 aromatic carbocycles. The van der Waals surface area contributed by atoms with Crippen LogP contribution in [0.15, 0.2) is 48.8 Å². The van der Waals surface area contributed by atoms with E-state index >= 15 is 0 Å². The Kier molecular flexibility index (Phi) is 8.40. The molecule has 3 saturated heterocycles. The van der Waals surface area contributed by atoms with Gasteiger partial charge in [0, 0.05) is 110 Å². The van der Waals surface area contributed by atoms with Crippen LogP contribution in [0.4, 0.5) is 20.4 Å². The minimum absolute atomic E-state index is 0.0776. The zero-order valence-corrected chi connectivity index (χ0v) is 33.4. The van der Waals surface area contributed by atoms with Gasteiger partial charge in [0.05, 0.1) is 30.9 Å². The number of imide groups is 1. The lowest BCUT2D eigenvalue weighted by Crippen LogP contribution is -2.65. The third kappa shape index (κ3) is 6.17. The highest BCUT2D eigenvalue weighted by molar-refractivity contribution is 6.06. The van der Waals surface area contributed by atoms with Gasteiger partial charge in [-0.2, -0.15) is 0 Å². The van der Waals surface area contributed by atoms with Crippen LogP contribution in [-0.2, 0) is 22.6 Å². The van der Waals surface area contributed by atoms with Crippen molar-refractivity contribution in [3.8, 4) is 5.75 Å². The van der Waals surface area contributed by atoms with Crippen LogP contribution in [0, 0.1) is 11.3 Å². The Labute approximate surface area is 341 Å². The molecule has 4 fully saturated rings. The van der Waals surface area contributed by atoms with E-state index in [-0.39, 0.29) is 36.9 Å². The number of anilines is 2. The summed E-state index contributed by atoms with van der Waals surface area (Å²) in [5.74, 6) is -1.65. The Morgan fingerprint density at radius 2 is 1.80 bits per heavy atom. The van der Waals surface area contributed by atoms with Crippen molar-refractivity contribution >= 4 is 40.3 Å². The van der Waals surface area contributed by atoms with Crippen LogP contribution in [0.3, 0.4) is 0 Å². The Bertz CT molecular complexity index is 2370. The van der Waals surface area contributed by atoms with Crippen molar-refractivity contribution in [2.75, 3.05) is 62.2 Å². The quantitative estimate of drug-likeness (QED) is 0.258. The molecule has 1 unspecified atom stereocenters. The van der Waals surface area contributed by atoms with E-state index in [4.69, 9.17) is 14.7 Å². The number of fused-ring (bicyclic) bond motifs is 8. The molecule has 0 radical (unpaired) electrons. The Morgan fingerprint density at radius 1 is 1.00 bits per heavy atom. The minimum Gasteiger partial charge on any atom is -0.489 e. The van der Waals surface area contributed by atoms with Crippen LogP contribution < -0.4 is 19.9 Å². The van der Waals surface area contributed by atoms with Gasteiger partial charge in [-0.1, -0.05) is 18.2 Å². The number of nitrogens with zero attached hydrogens (tertiary/aromatic N) is 7. The Balaban J connectivity index is 0.702. The van der Waals surface area contributed by atoms with Crippen LogP contribution in [0.2, 0.25) is 0 Å². The second-order valence-corrected chi connectivity index (χ2v) is 18.5. The van der Waals surface area contributed by atoms with Crippen molar-refractivity contribution < 1.29 is 27.9 Å². The van der Waals surface area contributed by atoms with Gasteiger partial charge in [-0.25, -0.2) is 18.7 Å². The van der Waals surface area contributed by atoms with Gasteiger partial charge in [-0.15, -0.1) is 0 Å². The lowest BCUT2D eigenvalue weighted by Gasteiger charge is -2.60. The molecule has 7 aliphatic rings. The number of carbonyl (C=O) groups excluding carboxylic acids is 3. The van der Waals surface area contributed by atoms with Gasteiger partial charge in [-0.05, 0) is 62.3 Å². The first kappa shape index (κ1) is 36.9. The Hall–Kier alpha value is -5.15. The molecule has 308 valence electrons. The number of aromatic amines is 1. The average molecular weight is 806 g/mol. The van der Waals surface area contributed by atoms with Crippen molar-refractivity contribution in [2.45, 2.75) is 82.6 Å². The fraction of sp³-hybridized carbons (Fsp3) is 0.523. The number of halogens is 2. The summed E-state index contributed by atoms with van der Waals surface area (Å²) in [5, 5.41) is 3.52. The lowest BCUT2D eigenvalue weighted by molar-refractivity contribution is -0.136. The van der Waals surface area contributed by atoms with Crippen molar-refractivity contribution in [3.63, 3.8) is 0 Å². The smallest absolute Gasteiger partial charge is 0.257 e. The molecule has 13 nitrogen and oxygen atoms in total. The number of carbonyl (C=O) groups is 3. The van der Waals surface area contributed by atoms with E-state index in [0.717, 1.165) is 85.4 Å². The molecule has 11 rings (SSSR count). The minimum atomic E-state index is -2.84. The van der Waals surface area contributed by atoms with E-state index in [9.17, 15) is 23.2 Å². The van der Waals surface area contributed by atoms with E-state index < -0.39 is 23.9 Å². The first-order valence-corrected chi connectivity index (χ1v) is 21.1. The molecule has 8 heterocycles. The largest absolute Gasteiger partial charge is 0.489 e. The van der Waals surface area contributed by atoms with E-state index in [2.05, 4.69) is 31.1 Å². The molecule has 1 aliphatic carbocycles. The van der Waals surface area contributed by atoms with Crippen molar-refractivity contribution in [2.24, 2.45) is 11.3 Å². The zero-order valence-electron chi connectivity index (χ0n) is 33.4. The highest BCUT2D eigenvalue weighted by Crippen LogP contribution is 2.53. The summed E-state index contributed by atoms with van der Waals surface area (Å²) in [6, 6.07) is 11.1. The second-order valence-electron chi connectivity index (χ2n) is 18.5. The van der Waals surface area contributed by atoms with Crippen LogP contribution in [0.25, 0.3) is 10.9 Å². The number of H-pyrrole nitrogens is 1. The van der Waals surface area contributed by atoms with E-state index in [0.29, 0.717) is 48.8 Å². The first-order valence-electron chi connectivity index (χ1n) is 21.1. The molecule has 59 heavy (non-hydrogen) atoms. The van der Waals surface area contributed by atoms with E-state index in [1.54, 1.807) is 4.90 Å². The zero-order chi connectivity index (χ0) is 40.4. The summed E-state index contributed by atoms with van der Waals surface area (Å²) in [4.78, 5) is 61.6. The van der Waals surface area contributed by atoms with Crippen molar-refractivity contribution in [1.29, 1.82) is 0 Å². The number of piperazine rings is 1. The molecule has 6 aliphatic heterocycles. The first-order chi connectivity index (χ1) is 28.4. The fourth-order valence-electron chi connectivity index (χ4n) is 11.6. The molecule has 15 heteroatoms. The monoisotopic (exact) mass is 805 g/mol. The van der Waals surface area contributed by atoms with Gasteiger partial charge in [0.2, 0.25) is 17.8 Å².